The van der Waals surface area contributed by atoms with Gasteiger partial charge in [-0.25, -0.2) is 4.98 Å². The molecule has 15 heteroatoms. The fourth-order valence-corrected chi connectivity index (χ4v) is 4.86. The number of hydrogen-bond acceptors (Lipinski definition) is 12. The average molecular weight is 578 g/mol. The number of allylic oxidation sites excluding steroid dienone is 1. The second kappa shape index (κ2) is 11.5. The Hall–Kier alpha value is -4.14. The normalized spacial score (nSPS) is 19.6. The van der Waals surface area contributed by atoms with Gasteiger partial charge in [-0.2, -0.15) is 4.98 Å². The number of carbonyl (C=O) groups excluding carboxylic acids is 2. The van der Waals surface area contributed by atoms with Gasteiger partial charge in [-0.15, -0.1) is 0 Å². The SMILES string of the molecule is COC1=CC(=O)C[C@@H](C)[C@]12Oc1c(Cl)c(OC)cc(OC)c1C2=O.Nc1nc2c(ncn2COCCO)c(=O)[nH]1. The molecule has 14 nitrogen and oxygen atoms in total. The molecule has 214 valence electrons. The first kappa shape index (κ1) is 28.9. The van der Waals surface area contributed by atoms with Crippen LogP contribution in [0.3, 0.4) is 0 Å². The summed E-state index contributed by atoms with van der Waals surface area (Å²) in [5.41, 5.74) is 4.41. The summed E-state index contributed by atoms with van der Waals surface area (Å²) in [4.78, 5) is 46.7. The predicted octanol–water partition coefficient (Wildman–Crippen LogP) is 1.48. The third-order valence-electron chi connectivity index (χ3n) is 6.46. The Kier molecular flexibility index (Phi) is 8.32. The van der Waals surface area contributed by atoms with Crippen LogP contribution >= 0.6 is 11.6 Å². The van der Waals surface area contributed by atoms with Crippen molar-refractivity contribution in [2.24, 2.45) is 5.92 Å². The molecule has 3 aromatic rings. The topological polar surface area (TPSA) is 190 Å². The van der Waals surface area contributed by atoms with E-state index in [4.69, 9.17) is 46.1 Å². The molecule has 2 aliphatic rings. The highest BCUT2D eigenvalue weighted by Gasteiger charge is 2.59. The summed E-state index contributed by atoms with van der Waals surface area (Å²) in [7, 11) is 4.31. The summed E-state index contributed by atoms with van der Waals surface area (Å²) in [6.07, 6.45) is 2.91. The first-order valence-electron chi connectivity index (χ1n) is 12.0. The van der Waals surface area contributed by atoms with Crippen molar-refractivity contribution in [1.82, 2.24) is 19.5 Å². The van der Waals surface area contributed by atoms with Gasteiger partial charge in [0.15, 0.2) is 28.5 Å². The number of anilines is 1. The molecule has 1 aliphatic heterocycles. The van der Waals surface area contributed by atoms with Gasteiger partial charge in [0.1, 0.15) is 28.8 Å². The Labute approximate surface area is 232 Å². The number of ketones is 2. The van der Waals surface area contributed by atoms with Crippen molar-refractivity contribution in [3.05, 3.63) is 45.2 Å². The number of nitrogen functional groups attached to an aromatic ring is 1. The van der Waals surface area contributed by atoms with Gasteiger partial charge in [0.05, 0.1) is 40.9 Å². The van der Waals surface area contributed by atoms with Crippen LogP contribution in [-0.2, 0) is 21.0 Å². The lowest BCUT2D eigenvalue weighted by atomic mass is 9.75. The van der Waals surface area contributed by atoms with E-state index in [9.17, 15) is 14.4 Å². The number of H-pyrrole nitrogens is 1. The van der Waals surface area contributed by atoms with E-state index in [1.807, 2.05) is 0 Å². The first-order chi connectivity index (χ1) is 19.1. The van der Waals surface area contributed by atoms with Crippen LogP contribution in [0.5, 0.6) is 17.2 Å². The lowest BCUT2D eigenvalue weighted by Crippen LogP contribution is -2.51. The number of benzene rings is 1. The minimum Gasteiger partial charge on any atom is -0.496 e. The van der Waals surface area contributed by atoms with Gasteiger partial charge in [-0.05, 0) is 0 Å². The molecule has 4 N–H and O–H groups in total. The van der Waals surface area contributed by atoms with E-state index in [1.165, 1.54) is 44.4 Å². The number of methoxy groups -OCH3 is 3. The molecule has 2 atom stereocenters. The van der Waals surface area contributed by atoms with Crippen molar-refractivity contribution in [2.45, 2.75) is 25.7 Å². The summed E-state index contributed by atoms with van der Waals surface area (Å²) in [6, 6.07) is 1.54. The number of halogens is 1. The summed E-state index contributed by atoms with van der Waals surface area (Å²) in [5.74, 6) is 0.136. The van der Waals surface area contributed by atoms with Crippen molar-refractivity contribution < 1.29 is 38.4 Å². The predicted molar refractivity (Wildman–Crippen MR) is 142 cm³/mol. The van der Waals surface area contributed by atoms with Gasteiger partial charge < -0.3 is 34.5 Å². The summed E-state index contributed by atoms with van der Waals surface area (Å²) in [6.45, 7) is 2.07. The van der Waals surface area contributed by atoms with Crippen molar-refractivity contribution in [2.75, 3.05) is 40.3 Å². The van der Waals surface area contributed by atoms with E-state index >= 15 is 0 Å². The van der Waals surface area contributed by atoms with Crippen LogP contribution in [0.25, 0.3) is 11.2 Å². The highest BCUT2D eigenvalue weighted by molar-refractivity contribution is 6.35. The number of aromatic nitrogens is 4. The van der Waals surface area contributed by atoms with Crippen molar-refractivity contribution in [3.63, 3.8) is 0 Å². The number of aliphatic hydroxyl groups excluding tert-OH is 1. The Morgan fingerprint density at radius 3 is 2.60 bits per heavy atom. The summed E-state index contributed by atoms with van der Waals surface area (Å²) >= 11 is 6.33. The molecule has 0 unspecified atom stereocenters. The van der Waals surface area contributed by atoms with E-state index in [0.29, 0.717) is 17.1 Å². The second-order valence-electron chi connectivity index (χ2n) is 8.85. The lowest BCUT2D eigenvalue weighted by Gasteiger charge is -2.36. The maximum atomic E-state index is 13.3. The third kappa shape index (κ3) is 4.85. The number of nitrogens with zero attached hydrogens (tertiary/aromatic N) is 3. The number of aliphatic hydroxyl groups is 1. The maximum Gasteiger partial charge on any atom is 0.280 e. The van der Waals surface area contributed by atoms with E-state index in [0.717, 1.165) is 0 Å². The molecule has 3 heterocycles. The molecule has 40 heavy (non-hydrogen) atoms. The zero-order valence-corrected chi connectivity index (χ0v) is 22.9. The van der Waals surface area contributed by atoms with Gasteiger partial charge in [0, 0.05) is 24.5 Å². The highest BCUT2D eigenvalue weighted by atomic mass is 35.5. The number of nitrogens with one attached hydrogen (secondary N) is 1. The minimum absolute atomic E-state index is 0.0291. The molecule has 1 spiro atoms. The number of rotatable bonds is 7. The van der Waals surface area contributed by atoms with Crippen LogP contribution in [0.1, 0.15) is 23.7 Å². The third-order valence-corrected chi connectivity index (χ3v) is 6.82. The zero-order chi connectivity index (χ0) is 29.2. The molecule has 1 aliphatic carbocycles. The number of fused-ring (bicyclic) bond motifs is 2. The van der Waals surface area contributed by atoms with Gasteiger partial charge in [-0.3, -0.25) is 23.9 Å². The molecule has 0 amide bonds. The number of hydrogen-bond donors (Lipinski definition) is 3. The lowest BCUT2D eigenvalue weighted by molar-refractivity contribution is -0.118. The Balaban J connectivity index is 0.000000201. The van der Waals surface area contributed by atoms with E-state index in [2.05, 4.69) is 15.0 Å². The maximum absolute atomic E-state index is 13.3. The molecule has 0 radical (unpaired) electrons. The molecule has 1 aromatic carbocycles. The molecule has 5 rings (SSSR count). The van der Waals surface area contributed by atoms with E-state index in [-0.39, 0.29) is 77.1 Å². The molecule has 2 aromatic heterocycles. The number of aromatic amines is 1. The largest absolute Gasteiger partial charge is 0.496 e. The highest BCUT2D eigenvalue weighted by Crippen LogP contribution is 2.54. The average Bonchev–Trinajstić information content (AvgIpc) is 3.47. The number of imidazole rings is 1. The molecule has 0 bridgehead atoms. The van der Waals surface area contributed by atoms with Crippen LogP contribution in [0.4, 0.5) is 5.95 Å². The second-order valence-corrected chi connectivity index (χ2v) is 9.23. The van der Waals surface area contributed by atoms with Crippen molar-refractivity contribution >= 4 is 40.3 Å². The van der Waals surface area contributed by atoms with Gasteiger partial charge >= 0.3 is 0 Å². The number of ether oxygens (including phenoxy) is 5. The van der Waals surface area contributed by atoms with Crippen LogP contribution in [0, 0.1) is 5.92 Å². The van der Waals surface area contributed by atoms with Gasteiger partial charge in [-0.1, -0.05) is 18.5 Å². The van der Waals surface area contributed by atoms with Crippen LogP contribution in [0.15, 0.2) is 29.0 Å². The Morgan fingerprint density at radius 2 is 1.95 bits per heavy atom. The standard InChI is InChI=1S/C17H17ClO6.C8H11N5O3/c1-8-5-9(19)6-12(23-4)17(8)16(20)13-10(21-2)7-11(22-3)14(18)15(13)24-17;9-8-11-6-5(7(15)12-8)10-3-13(6)4-16-2-1-14/h6-8H,5H2,1-4H3;3,14H,1-2,4H2,(H3,9,11,12,15)/t8-,17+;/m1./s1. The van der Waals surface area contributed by atoms with Crippen LogP contribution in [-0.4, -0.2) is 76.3 Å². The van der Waals surface area contributed by atoms with Gasteiger partial charge in [0.2, 0.25) is 17.3 Å². The molecule has 0 saturated heterocycles. The number of carbonyl (C=O) groups is 2. The molecular formula is C25H28ClN5O9. The quantitative estimate of drug-likeness (QED) is 0.343. The fraction of sp³-hybridized carbons (Fsp3) is 0.400. The van der Waals surface area contributed by atoms with E-state index in [1.54, 1.807) is 6.92 Å². The minimum atomic E-state index is -1.42. The molecule has 0 saturated carbocycles. The molecular weight excluding hydrogens is 550 g/mol. The van der Waals surface area contributed by atoms with Crippen LogP contribution in [0.2, 0.25) is 5.02 Å². The fourth-order valence-electron chi connectivity index (χ4n) is 4.59. The smallest absolute Gasteiger partial charge is 0.280 e. The monoisotopic (exact) mass is 577 g/mol. The number of Topliss-reactive ketones (excluding diaryl/α,β-unsaturated/α-hetero) is 1. The van der Waals surface area contributed by atoms with Crippen molar-refractivity contribution in [1.29, 1.82) is 0 Å². The van der Waals surface area contributed by atoms with E-state index < -0.39 is 11.5 Å². The van der Waals surface area contributed by atoms with Crippen LogP contribution < -0.4 is 25.5 Å². The van der Waals surface area contributed by atoms with Gasteiger partial charge in [0.25, 0.3) is 5.56 Å². The van der Waals surface area contributed by atoms with Crippen molar-refractivity contribution in [3.8, 4) is 17.2 Å². The summed E-state index contributed by atoms with van der Waals surface area (Å²) < 4.78 is 28.5. The first-order valence-corrected chi connectivity index (χ1v) is 12.4. The number of nitrogens with two attached hydrogens (primary N) is 1. The Bertz CT molecular complexity index is 1550. The Morgan fingerprint density at radius 1 is 1.23 bits per heavy atom. The summed E-state index contributed by atoms with van der Waals surface area (Å²) in [5, 5.41) is 8.73. The zero-order valence-electron chi connectivity index (χ0n) is 22.1. The molecule has 0 fully saturated rings.